The molecule has 0 N–H and O–H groups in total. The maximum Gasteiger partial charge on any atom is 0.233 e. The van der Waals surface area contributed by atoms with Crippen molar-refractivity contribution in [3.05, 3.63) is 36.4 Å². The number of anilines is 1. The number of likely N-dealkylation sites (N-methyl/N-ethyl adjacent to an activating group) is 1. The Morgan fingerprint density at radius 3 is 2.76 bits per heavy atom. The van der Waals surface area contributed by atoms with Crippen LogP contribution in [0.2, 0.25) is 0 Å². The number of allylic oxidation sites excluding steroid dienone is 2. The van der Waals surface area contributed by atoms with E-state index in [9.17, 15) is 0 Å². The highest BCUT2D eigenvalue weighted by Gasteiger charge is 2.33. The summed E-state index contributed by atoms with van der Waals surface area (Å²) < 4.78 is 5.61. The minimum atomic E-state index is -0.0605. The van der Waals surface area contributed by atoms with Gasteiger partial charge in [0.25, 0.3) is 0 Å². The molecule has 2 aliphatic rings. The van der Waals surface area contributed by atoms with E-state index in [4.69, 9.17) is 4.52 Å². The number of pyridine rings is 1. The third-order valence-corrected chi connectivity index (χ3v) is 5.38. The van der Waals surface area contributed by atoms with Crippen LogP contribution in [-0.2, 0) is 5.41 Å². The van der Waals surface area contributed by atoms with Gasteiger partial charge in [0.1, 0.15) is 5.69 Å². The van der Waals surface area contributed by atoms with Crippen LogP contribution >= 0.6 is 0 Å². The molecule has 0 unspecified atom stereocenters. The quantitative estimate of drug-likeness (QED) is 0.802. The molecule has 1 aliphatic heterocycles. The first-order valence-electron chi connectivity index (χ1n) is 9.03. The monoisotopic (exact) mass is 339 g/mol. The van der Waals surface area contributed by atoms with Gasteiger partial charge in [0.2, 0.25) is 11.7 Å². The second-order valence-corrected chi connectivity index (χ2v) is 7.39. The molecular formula is C19H25N5O. The molecule has 4 rings (SSSR count). The minimum absolute atomic E-state index is 0.0605. The number of aromatic nitrogens is 3. The minimum Gasteiger partial charge on any atom is -0.369 e. The smallest absolute Gasteiger partial charge is 0.233 e. The SMILES string of the molecule is CN1CCN(c2ccnc(-c3noc([C@]4(C)CC=CCC4)n3)c2)CC1. The van der Waals surface area contributed by atoms with E-state index in [1.807, 2.05) is 6.20 Å². The summed E-state index contributed by atoms with van der Waals surface area (Å²) in [6.07, 6.45) is 9.32. The van der Waals surface area contributed by atoms with Gasteiger partial charge >= 0.3 is 0 Å². The van der Waals surface area contributed by atoms with Crippen LogP contribution in [0.3, 0.4) is 0 Å². The summed E-state index contributed by atoms with van der Waals surface area (Å²) in [5.41, 5.74) is 1.90. The average Bonchev–Trinajstić information content (AvgIpc) is 3.14. The topological polar surface area (TPSA) is 58.3 Å². The van der Waals surface area contributed by atoms with E-state index in [0.29, 0.717) is 5.82 Å². The van der Waals surface area contributed by atoms with E-state index >= 15 is 0 Å². The van der Waals surface area contributed by atoms with Crippen molar-refractivity contribution < 1.29 is 4.52 Å². The van der Waals surface area contributed by atoms with E-state index in [0.717, 1.165) is 57.0 Å². The maximum absolute atomic E-state index is 5.61. The molecule has 0 aromatic carbocycles. The first kappa shape index (κ1) is 16.3. The van der Waals surface area contributed by atoms with Crippen molar-refractivity contribution in [3.8, 4) is 11.5 Å². The average molecular weight is 339 g/mol. The first-order chi connectivity index (χ1) is 12.1. The van der Waals surface area contributed by atoms with Crippen LogP contribution in [0.15, 0.2) is 35.0 Å². The zero-order valence-electron chi connectivity index (χ0n) is 15.0. The number of hydrogen-bond donors (Lipinski definition) is 0. The summed E-state index contributed by atoms with van der Waals surface area (Å²) in [6.45, 7) is 6.41. The molecule has 3 heterocycles. The van der Waals surface area contributed by atoms with Crippen molar-refractivity contribution in [1.29, 1.82) is 0 Å². The Balaban J connectivity index is 1.56. The van der Waals surface area contributed by atoms with Crippen LogP contribution in [0.4, 0.5) is 5.69 Å². The third-order valence-electron chi connectivity index (χ3n) is 5.38. The van der Waals surface area contributed by atoms with Crippen molar-refractivity contribution in [3.63, 3.8) is 0 Å². The lowest BCUT2D eigenvalue weighted by Gasteiger charge is -2.34. The molecule has 1 atom stereocenters. The van der Waals surface area contributed by atoms with E-state index in [1.165, 1.54) is 5.69 Å². The van der Waals surface area contributed by atoms with E-state index < -0.39 is 0 Å². The molecule has 2 aromatic rings. The third kappa shape index (κ3) is 3.31. The Hall–Kier alpha value is -2.21. The standard InChI is InChI=1S/C19H25N5O/c1-19(7-4-3-5-8-19)18-21-17(22-25-18)16-14-15(6-9-20-16)24-12-10-23(2)11-13-24/h3-4,6,9,14H,5,7-8,10-13H2,1-2H3/t19-/m1/s1. The van der Waals surface area contributed by atoms with Gasteiger partial charge in [-0.1, -0.05) is 24.2 Å². The molecule has 1 saturated heterocycles. The zero-order chi connectivity index (χ0) is 17.3. The van der Waals surface area contributed by atoms with Gasteiger partial charge in [-0.3, -0.25) is 4.98 Å². The highest BCUT2D eigenvalue weighted by atomic mass is 16.5. The van der Waals surface area contributed by atoms with Crippen LogP contribution < -0.4 is 4.90 Å². The molecule has 132 valence electrons. The highest BCUT2D eigenvalue weighted by molar-refractivity contribution is 5.58. The summed E-state index contributed by atoms with van der Waals surface area (Å²) in [7, 11) is 2.16. The number of rotatable bonds is 3. The molecule has 2 aromatic heterocycles. The van der Waals surface area contributed by atoms with E-state index in [-0.39, 0.29) is 5.41 Å². The molecule has 6 nitrogen and oxygen atoms in total. The summed E-state index contributed by atoms with van der Waals surface area (Å²) in [4.78, 5) is 13.9. The number of piperazine rings is 1. The Labute approximate surface area is 148 Å². The highest BCUT2D eigenvalue weighted by Crippen LogP contribution is 2.35. The Bertz CT molecular complexity index is 763. The van der Waals surface area contributed by atoms with Gasteiger partial charge in [0.05, 0.1) is 5.41 Å². The maximum atomic E-state index is 5.61. The molecule has 25 heavy (non-hydrogen) atoms. The van der Waals surface area contributed by atoms with Gasteiger partial charge in [0.15, 0.2) is 0 Å². The van der Waals surface area contributed by atoms with Gasteiger partial charge in [-0.25, -0.2) is 0 Å². The van der Waals surface area contributed by atoms with Gasteiger partial charge in [-0.15, -0.1) is 0 Å². The Morgan fingerprint density at radius 1 is 1.16 bits per heavy atom. The lowest BCUT2D eigenvalue weighted by Crippen LogP contribution is -2.44. The van der Waals surface area contributed by atoms with Crippen molar-refractivity contribution in [1.82, 2.24) is 20.0 Å². The summed E-state index contributed by atoms with van der Waals surface area (Å²) in [5.74, 6) is 1.31. The fourth-order valence-corrected chi connectivity index (χ4v) is 3.54. The van der Waals surface area contributed by atoms with Crippen molar-refractivity contribution in [2.75, 3.05) is 38.1 Å². The Morgan fingerprint density at radius 2 is 2.00 bits per heavy atom. The van der Waals surface area contributed by atoms with Crippen molar-refractivity contribution in [2.45, 2.75) is 31.6 Å². The fraction of sp³-hybridized carbons (Fsp3) is 0.526. The van der Waals surface area contributed by atoms with Gasteiger partial charge in [-0.2, -0.15) is 4.98 Å². The number of hydrogen-bond acceptors (Lipinski definition) is 6. The predicted molar refractivity (Wildman–Crippen MR) is 97.6 cm³/mol. The normalized spacial score (nSPS) is 24.6. The molecule has 0 bridgehead atoms. The van der Waals surface area contributed by atoms with Crippen LogP contribution in [0.1, 0.15) is 32.1 Å². The molecule has 1 aliphatic carbocycles. The molecule has 6 heteroatoms. The van der Waals surface area contributed by atoms with Crippen LogP contribution in [-0.4, -0.2) is 53.3 Å². The van der Waals surface area contributed by atoms with Crippen molar-refractivity contribution >= 4 is 5.69 Å². The molecule has 0 radical (unpaired) electrons. The Kier molecular flexibility index (Phi) is 4.29. The zero-order valence-corrected chi connectivity index (χ0v) is 15.0. The fourth-order valence-electron chi connectivity index (χ4n) is 3.54. The lowest BCUT2D eigenvalue weighted by atomic mass is 9.79. The first-order valence-corrected chi connectivity index (χ1v) is 9.03. The second-order valence-electron chi connectivity index (χ2n) is 7.39. The molecular weight excluding hydrogens is 314 g/mol. The van der Waals surface area contributed by atoms with Gasteiger partial charge in [-0.05, 0) is 38.4 Å². The van der Waals surface area contributed by atoms with Crippen LogP contribution in [0.25, 0.3) is 11.5 Å². The van der Waals surface area contributed by atoms with E-state index in [2.05, 4.69) is 63.2 Å². The molecule has 1 fully saturated rings. The van der Waals surface area contributed by atoms with Crippen LogP contribution in [0.5, 0.6) is 0 Å². The van der Waals surface area contributed by atoms with Crippen LogP contribution in [0, 0.1) is 0 Å². The van der Waals surface area contributed by atoms with Crippen molar-refractivity contribution in [2.24, 2.45) is 0 Å². The summed E-state index contributed by atoms with van der Waals surface area (Å²) in [6, 6.07) is 4.13. The summed E-state index contributed by atoms with van der Waals surface area (Å²) >= 11 is 0. The number of nitrogens with zero attached hydrogens (tertiary/aromatic N) is 5. The molecule has 0 saturated carbocycles. The van der Waals surface area contributed by atoms with Gasteiger partial charge < -0.3 is 14.3 Å². The summed E-state index contributed by atoms with van der Waals surface area (Å²) in [5, 5.41) is 4.21. The predicted octanol–water partition coefficient (Wildman–Crippen LogP) is 2.88. The largest absolute Gasteiger partial charge is 0.369 e. The molecule has 0 amide bonds. The van der Waals surface area contributed by atoms with E-state index in [1.54, 1.807) is 0 Å². The second kappa shape index (κ2) is 6.59. The molecule has 0 spiro atoms. The van der Waals surface area contributed by atoms with Gasteiger partial charge in [0, 0.05) is 38.1 Å². The lowest BCUT2D eigenvalue weighted by molar-refractivity contribution is 0.277.